The van der Waals surface area contributed by atoms with Gasteiger partial charge in [-0.05, 0) is 105 Å². The number of nitrogens with zero attached hydrogens (tertiary/aromatic N) is 2. The van der Waals surface area contributed by atoms with Crippen LogP contribution >= 0.6 is 0 Å². The molecule has 0 aliphatic rings. The Kier molecular flexibility index (Phi) is 7.78. The standard InChI is InChI=1S/C53H34N2O2/c1-4-14-35(15-5-1)38-24-26-41(27-25-38)55(43-31-39(36-16-6-2-7-17-36)30-40(32-43)37-18-8-3-9-19-37)42-28-29-50-46(33-42)47-34-48(44-20-10-11-21-45(44)52(47)56-50)53-54-49-22-12-13-23-51(49)57-53/h1-34H. The molecule has 9 aromatic carbocycles. The van der Waals surface area contributed by atoms with E-state index in [1.807, 2.05) is 24.3 Å². The monoisotopic (exact) mass is 730 g/mol. The van der Waals surface area contributed by atoms with Crippen molar-refractivity contribution in [2.75, 3.05) is 4.90 Å². The van der Waals surface area contributed by atoms with E-state index in [-0.39, 0.29) is 0 Å². The molecule has 2 aromatic heterocycles. The maximum absolute atomic E-state index is 6.71. The molecular formula is C53H34N2O2. The van der Waals surface area contributed by atoms with Crippen LogP contribution in [0.15, 0.2) is 215 Å². The summed E-state index contributed by atoms with van der Waals surface area (Å²) < 4.78 is 13.1. The van der Waals surface area contributed by atoms with Crippen molar-refractivity contribution in [3.8, 4) is 44.8 Å². The minimum Gasteiger partial charge on any atom is -0.455 e. The van der Waals surface area contributed by atoms with Gasteiger partial charge in [0.05, 0.1) is 0 Å². The summed E-state index contributed by atoms with van der Waals surface area (Å²) in [5.74, 6) is 0.589. The molecule has 0 spiro atoms. The third-order valence-electron chi connectivity index (χ3n) is 10.9. The van der Waals surface area contributed by atoms with Crippen molar-refractivity contribution >= 4 is 60.9 Å². The van der Waals surface area contributed by atoms with Gasteiger partial charge in [0.2, 0.25) is 5.89 Å². The van der Waals surface area contributed by atoms with Crippen LogP contribution in [0.1, 0.15) is 0 Å². The molecule has 0 saturated heterocycles. The number of benzene rings is 9. The van der Waals surface area contributed by atoms with E-state index in [1.54, 1.807) is 0 Å². The van der Waals surface area contributed by atoms with E-state index < -0.39 is 0 Å². The van der Waals surface area contributed by atoms with Crippen LogP contribution in [0.5, 0.6) is 0 Å². The first-order valence-corrected chi connectivity index (χ1v) is 19.2. The smallest absolute Gasteiger partial charge is 0.227 e. The largest absolute Gasteiger partial charge is 0.455 e. The van der Waals surface area contributed by atoms with Crippen LogP contribution in [0.3, 0.4) is 0 Å². The highest BCUT2D eigenvalue weighted by molar-refractivity contribution is 6.19. The maximum Gasteiger partial charge on any atom is 0.227 e. The van der Waals surface area contributed by atoms with Crippen molar-refractivity contribution in [2.24, 2.45) is 0 Å². The Morgan fingerprint density at radius 3 is 1.56 bits per heavy atom. The van der Waals surface area contributed by atoms with E-state index in [0.717, 1.165) is 94.3 Å². The summed E-state index contributed by atoms with van der Waals surface area (Å²) in [7, 11) is 0. The van der Waals surface area contributed by atoms with Crippen LogP contribution in [0.4, 0.5) is 17.1 Å². The molecule has 0 amide bonds. The molecular weight excluding hydrogens is 697 g/mol. The Morgan fingerprint density at radius 2 is 0.895 bits per heavy atom. The zero-order valence-corrected chi connectivity index (χ0v) is 30.8. The van der Waals surface area contributed by atoms with Gasteiger partial charge in [0.15, 0.2) is 5.58 Å². The number of oxazole rings is 1. The molecule has 0 fully saturated rings. The molecule has 0 unspecified atom stereocenters. The fraction of sp³-hybridized carbons (Fsp3) is 0. The number of aromatic nitrogens is 1. The molecule has 0 atom stereocenters. The first-order valence-electron chi connectivity index (χ1n) is 19.2. The fourth-order valence-corrected chi connectivity index (χ4v) is 8.11. The summed E-state index contributed by atoms with van der Waals surface area (Å²) in [6.45, 7) is 0. The van der Waals surface area contributed by atoms with Gasteiger partial charge in [0, 0.05) is 38.8 Å². The zero-order valence-electron chi connectivity index (χ0n) is 30.8. The Hall–Kier alpha value is -7.69. The summed E-state index contributed by atoms with van der Waals surface area (Å²) in [5.41, 5.74) is 14.2. The fourth-order valence-electron chi connectivity index (χ4n) is 8.11. The van der Waals surface area contributed by atoms with E-state index >= 15 is 0 Å². The van der Waals surface area contributed by atoms with Crippen molar-refractivity contribution in [3.63, 3.8) is 0 Å². The maximum atomic E-state index is 6.71. The minimum atomic E-state index is 0.589. The molecule has 268 valence electrons. The average Bonchev–Trinajstić information content (AvgIpc) is 3.89. The van der Waals surface area contributed by atoms with Gasteiger partial charge in [-0.15, -0.1) is 0 Å². The van der Waals surface area contributed by atoms with Gasteiger partial charge in [-0.25, -0.2) is 4.98 Å². The van der Waals surface area contributed by atoms with Gasteiger partial charge in [0.25, 0.3) is 0 Å². The number of hydrogen-bond donors (Lipinski definition) is 0. The molecule has 4 heteroatoms. The lowest BCUT2D eigenvalue weighted by molar-refractivity contribution is 0.620. The van der Waals surface area contributed by atoms with Crippen LogP contribution in [0.2, 0.25) is 0 Å². The van der Waals surface area contributed by atoms with E-state index in [1.165, 1.54) is 5.56 Å². The lowest BCUT2D eigenvalue weighted by Crippen LogP contribution is -2.10. The van der Waals surface area contributed by atoms with Gasteiger partial charge in [-0.3, -0.25) is 0 Å². The topological polar surface area (TPSA) is 42.4 Å². The second-order valence-electron chi connectivity index (χ2n) is 14.4. The Labute approximate surface area is 329 Å². The van der Waals surface area contributed by atoms with Crippen LogP contribution < -0.4 is 4.90 Å². The molecule has 11 aromatic rings. The molecule has 0 radical (unpaired) electrons. The average molecular weight is 731 g/mol. The molecule has 0 aliphatic heterocycles. The van der Waals surface area contributed by atoms with Gasteiger partial charge < -0.3 is 13.7 Å². The number of para-hydroxylation sites is 2. The molecule has 11 rings (SSSR count). The third kappa shape index (κ3) is 5.83. The lowest BCUT2D eigenvalue weighted by atomic mass is 9.97. The SMILES string of the molecule is c1ccc(-c2ccc(N(c3cc(-c4ccccc4)cc(-c4ccccc4)c3)c3ccc4oc5c6ccccc6c(-c6nc7ccccc7o6)cc5c4c3)cc2)cc1. The third-order valence-corrected chi connectivity index (χ3v) is 10.9. The van der Waals surface area contributed by atoms with E-state index in [2.05, 4.69) is 187 Å². The highest BCUT2D eigenvalue weighted by Gasteiger charge is 2.21. The molecule has 0 bridgehead atoms. The van der Waals surface area contributed by atoms with Crippen LogP contribution in [0, 0.1) is 0 Å². The molecule has 0 saturated carbocycles. The van der Waals surface area contributed by atoms with Crippen LogP contribution in [-0.2, 0) is 0 Å². The number of anilines is 3. The van der Waals surface area contributed by atoms with Crippen molar-refractivity contribution in [1.29, 1.82) is 0 Å². The molecule has 0 aliphatic carbocycles. The Bertz CT molecular complexity index is 3130. The van der Waals surface area contributed by atoms with Crippen molar-refractivity contribution in [1.82, 2.24) is 4.98 Å². The van der Waals surface area contributed by atoms with Crippen LogP contribution in [-0.4, -0.2) is 4.98 Å². The number of hydrogen-bond acceptors (Lipinski definition) is 4. The molecule has 0 N–H and O–H groups in total. The second-order valence-corrected chi connectivity index (χ2v) is 14.4. The van der Waals surface area contributed by atoms with E-state index in [0.29, 0.717) is 5.89 Å². The molecule has 2 heterocycles. The zero-order chi connectivity index (χ0) is 37.7. The summed E-state index contributed by atoms with van der Waals surface area (Å²) in [6, 6.07) is 72.4. The van der Waals surface area contributed by atoms with Crippen LogP contribution in [0.25, 0.3) is 88.6 Å². The first-order chi connectivity index (χ1) is 28.2. The number of furan rings is 1. The Morgan fingerprint density at radius 1 is 0.333 bits per heavy atom. The summed E-state index contributed by atoms with van der Waals surface area (Å²) >= 11 is 0. The highest BCUT2D eigenvalue weighted by atomic mass is 16.3. The predicted molar refractivity (Wildman–Crippen MR) is 235 cm³/mol. The summed E-state index contributed by atoms with van der Waals surface area (Å²) in [5, 5.41) is 4.06. The summed E-state index contributed by atoms with van der Waals surface area (Å²) in [4.78, 5) is 7.28. The van der Waals surface area contributed by atoms with Gasteiger partial charge in [-0.2, -0.15) is 0 Å². The van der Waals surface area contributed by atoms with E-state index in [9.17, 15) is 0 Å². The predicted octanol–water partition coefficient (Wildman–Crippen LogP) is 15.0. The van der Waals surface area contributed by atoms with Gasteiger partial charge in [-0.1, -0.05) is 140 Å². The second kappa shape index (κ2) is 13.6. The first kappa shape index (κ1) is 32.7. The highest BCUT2D eigenvalue weighted by Crippen LogP contribution is 2.45. The summed E-state index contributed by atoms with van der Waals surface area (Å²) in [6.07, 6.45) is 0. The minimum absolute atomic E-state index is 0.589. The number of fused-ring (bicyclic) bond motifs is 6. The number of rotatable bonds is 7. The van der Waals surface area contributed by atoms with Crippen molar-refractivity contribution < 1.29 is 8.83 Å². The van der Waals surface area contributed by atoms with Crippen molar-refractivity contribution in [2.45, 2.75) is 0 Å². The lowest BCUT2D eigenvalue weighted by Gasteiger charge is -2.27. The quantitative estimate of drug-likeness (QED) is 0.164. The Balaban J connectivity index is 1.14. The van der Waals surface area contributed by atoms with Crippen molar-refractivity contribution in [3.05, 3.63) is 206 Å². The molecule has 4 nitrogen and oxygen atoms in total. The van der Waals surface area contributed by atoms with E-state index in [4.69, 9.17) is 13.8 Å². The normalized spacial score (nSPS) is 11.5. The molecule has 57 heavy (non-hydrogen) atoms. The van der Waals surface area contributed by atoms with Gasteiger partial charge in [0.1, 0.15) is 16.7 Å². The van der Waals surface area contributed by atoms with Gasteiger partial charge >= 0.3 is 0 Å².